The third-order valence-electron chi connectivity index (χ3n) is 3.39. The predicted octanol–water partition coefficient (Wildman–Crippen LogP) is 1.93. The van der Waals surface area contributed by atoms with Crippen molar-refractivity contribution in [1.29, 1.82) is 0 Å². The van der Waals surface area contributed by atoms with Crippen LogP contribution in [-0.4, -0.2) is 29.9 Å². The fourth-order valence-corrected chi connectivity index (χ4v) is 2.19. The number of nitrogens with two attached hydrogens (primary N) is 1. The Morgan fingerprint density at radius 1 is 1.47 bits per heavy atom. The molecule has 0 spiro atoms. The third-order valence-corrected chi connectivity index (χ3v) is 3.39. The predicted molar refractivity (Wildman–Crippen MR) is 76.8 cm³/mol. The molecule has 1 aliphatic carbocycles. The summed E-state index contributed by atoms with van der Waals surface area (Å²) in [6.07, 6.45) is 2.26. The van der Waals surface area contributed by atoms with Gasteiger partial charge in [0.2, 0.25) is 0 Å². The fraction of sp³-hybridized carbons (Fsp3) is 0.438. The molecule has 2 N–H and O–H groups in total. The number of aryl methyl sites for hydroxylation is 1. The average Bonchev–Trinajstić information content (AvgIpc) is 3.23. The van der Waals surface area contributed by atoms with Crippen molar-refractivity contribution in [2.45, 2.75) is 32.7 Å². The van der Waals surface area contributed by atoms with Crippen LogP contribution in [0.1, 0.15) is 41.3 Å². The highest BCUT2D eigenvalue weighted by molar-refractivity contribution is 5.96. The van der Waals surface area contributed by atoms with E-state index in [1.165, 1.54) is 0 Å². The molecule has 1 fully saturated rings. The van der Waals surface area contributed by atoms with Crippen LogP contribution in [-0.2, 0) is 0 Å². The number of carbonyl (C=O) groups is 1. The maximum Gasteiger partial charge on any atom is 0.254 e. The van der Waals surface area contributed by atoms with Gasteiger partial charge in [-0.3, -0.25) is 4.79 Å². The molecule has 0 aliphatic heterocycles. The molecule has 0 atom stereocenters. The quantitative estimate of drug-likeness (QED) is 0.840. The number of hydrogen-bond acceptors (Lipinski definition) is 2. The molecule has 1 amide bonds. The fourth-order valence-electron chi connectivity index (χ4n) is 2.19. The first-order valence-corrected chi connectivity index (χ1v) is 6.78. The molecule has 1 aliphatic rings. The van der Waals surface area contributed by atoms with Gasteiger partial charge in [0.05, 0.1) is 6.54 Å². The zero-order valence-corrected chi connectivity index (χ0v) is 11.6. The summed E-state index contributed by atoms with van der Waals surface area (Å²) in [7, 11) is 0. The monoisotopic (exact) mass is 256 g/mol. The first-order valence-electron chi connectivity index (χ1n) is 6.78. The second-order valence-electron chi connectivity index (χ2n) is 4.86. The highest BCUT2D eigenvalue weighted by Crippen LogP contribution is 2.28. The lowest BCUT2D eigenvalue weighted by Crippen LogP contribution is -2.33. The van der Waals surface area contributed by atoms with Gasteiger partial charge in [-0.05, 0) is 44.4 Å². The largest absolute Gasteiger partial charge is 0.336 e. The zero-order chi connectivity index (χ0) is 13.8. The van der Waals surface area contributed by atoms with Gasteiger partial charge in [0.25, 0.3) is 5.91 Å². The van der Waals surface area contributed by atoms with Crippen LogP contribution >= 0.6 is 0 Å². The second-order valence-corrected chi connectivity index (χ2v) is 4.86. The van der Waals surface area contributed by atoms with Crippen LogP contribution in [0.15, 0.2) is 18.2 Å². The minimum absolute atomic E-state index is 0.124. The Balaban J connectivity index is 2.29. The van der Waals surface area contributed by atoms with E-state index in [4.69, 9.17) is 5.73 Å². The van der Waals surface area contributed by atoms with Crippen LogP contribution in [0.4, 0.5) is 0 Å². The second kappa shape index (κ2) is 5.90. The molecule has 100 valence electrons. The van der Waals surface area contributed by atoms with Crippen molar-refractivity contribution in [2.75, 3.05) is 13.1 Å². The van der Waals surface area contributed by atoms with E-state index in [2.05, 4.69) is 11.8 Å². The number of nitrogens with zero attached hydrogens (tertiary/aromatic N) is 1. The van der Waals surface area contributed by atoms with E-state index < -0.39 is 0 Å². The Morgan fingerprint density at radius 2 is 2.21 bits per heavy atom. The van der Waals surface area contributed by atoms with Crippen molar-refractivity contribution < 1.29 is 4.79 Å². The van der Waals surface area contributed by atoms with Gasteiger partial charge in [-0.15, -0.1) is 0 Å². The van der Waals surface area contributed by atoms with E-state index in [-0.39, 0.29) is 5.91 Å². The summed E-state index contributed by atoms with van der Waals surface area (Å²) in [5.74, 6) is 5.93. The molecular formula is C16H20N2O. The van der Waals surface area contributed by atoms with Crippen molar-refractivity contribution in [1.82, 2.24) is 4.90 Å². The Hall–Kier alpha value is -1.79. The van der Waals surface area contributed by atoms with Gasteiger partial charge in [0.15, 0.2) is 0 Å². The van der Waals surface area contributed by atoms with Crippen molar-refractivity contribution in [3.05, 3.63) is 34.9 Å². The van der Waals surface area contributed by atoms with Gasteiger partial charge >= 0.3 is 0 Å². The Bertz CT molecular complexity index is 535. The van der Waals surface area contributed by atoms with Gasteiger partial charge in [-0.1, -0.05) is 17.9 Å². The Morgan fingerprint density at radius 3 is 2.79 bits per heavy atom. The standard InChI is InChI=1S/C16H20N2O/c1-3-18(14-8-9-14)16(19)15-11-13(5-4-10-17)7-6-12(15)2/h6-7,11,14H,3,8-10,17H2,1-2H3. The topological polar surface area (TPSA) is 46.3 Å². The number of carbonyl (C=O) groups excluding carboxylic acids is 1. The maximum absolute atomic E-state index is 12.6. The number of hydrogen-bond donors (Lipinski definition) is 1. The van der Waals surface area contributed by atoms with Gasteiger partial charge in [-0.2, -0.15) is 0 Å². The summed E-state index contributed by atoms with van der Waals surface area (Å²) in [6.45, 7) is 5.10. The Kier molecular flexibility index (Phi) is 4.24. The third kappa shape index (κ3) is 3.15. The van der Waals surface area contributed by atoms with Gasteiger partial charge < -0.3 is 10.6 Å². The van der Waals surface area contributed by atoms with Crippen LogP contribution in [0.3, 0.4) is 0 Å². The van der Waals surface area contributed by atoms with Crippen molar-refractivity contribution >= 4 is 5.91 Å². The van der Waals surface area contributed by atoms with Gasteiger partial charge in [-0.25, -0.2) is 0 Å². The van der Waals surface area contributed by atoms with Crippen LogP contribution in [0.2, 0.25) is 0 Å². The molecule has 0 heterocycles. The SMILES string of the molecule is CCN(C(=O)c1cc(C#CCN)ccc1C)C1CC1. The van der Waals surface area contributed by atoms with Crippen molar-refractivity contribution in [2.24, 2.45) is 5.73 Å². The number of amides is 1. The molecule has 0 bridgehead atoms. The first kappa shape index (κ1) is 13.6. The number of benzene rings is 1. The molecule has 1 saturated carbocycles. The zero-order valence-electron chi connectivity index (χ0n) is 11.6. The lowest BCUT2D eigenvalue weighted by Gasteiger charge is -2.21. The van der Waals surface area contributed by atoms with E-state index >= 15 is 0 Å². The van der Waals surface area contributed by atoms with Crippen molar-refractivity contribution in [3.8, 4) is 11.8 Å². The maximum atomic E-state index is 12.6. The molecule has 0 saturated heterocycles. The highest BCUT2D eigenvalue weighted by Gasteiger charge is 2.32. The van der Waals surface area contributed by atoms with E-state index in [1.54, 1.807) is 0 Å². The molecule has 1 aromatic carbocycles. The van der Waals surface area contributed by atoms with Crippen LogP contribution in [0.25, 0.3) is 0 Å². The van der Waals surface area contributed by atoms with E-state index in [0.29, 0.717) is 12.6 Å². The van der Waals surface area contributed by atoms with E-state index in [1.807, 2.05) is 36.9 Å². The lowest BCUT2D eigenvalue weighted by molar-refractivity contribution is 0.0752. The number of rotatable bonds is 3. The molecule has 0 unspecified atom stereocenters. The highest BCUT2D eigenvalue weighted by atomic mass is 16.2. The van der Waals surface area contributed by atoms with Gasteiger partial charge in [0.1, 0.15) is 0 Å². The lowest BCUT2D eigenvalue weighted by atomic mass is 10.0. The molecule has 2 rings (SSSR count). The van der Waals surface area contributed by atoms with E-state index in [9.17, 15) is 4.79 Å². The van der Waals surface area contributed by atoms with Crippen molar-refractivity contribution in [3.63, 3.8) is 0 Å². The summed E-state index contributed by atoms with van der Waals surface area (Å²) in [4.78, 5) is 14.5. The first-order chi connectivity index (χ1) is 9.17. The Labute approximate surface area is 114 Å². The normalized spacial score (nSPS) is 13.6. The molecule has 19 heavy (non-hydrogen) atoms. The molecule has 3 nitrogen and oxygen atoms in total. The summed E-state index contributed by atoms with van der Waals surface area (Å²) >= 11 is 0. The minimum Gasteiger partial charge on any atom is -0.336 e. The smallest absolute Gasteiger partial charge is 0.254 e. The average molecular weight is 256 g/mol. The molecule has 0 radical (unpaired) electrons. The molecular weight excluding hydrogens is 236 g/mol. The molecule has 1 aromatic rings. The summed E-state index contributed by atoms with van der Waals surface area (Å²) in [5, 5.41) is 0. The van der Waals surface area contributed by atoms with Crippen LogP contribution < -0.4 is 5.73 Å². The van der Waals surface area contributed by atoms with E-state index in [0.717, 1.165) is 36.1 Å². The van der Waals surface area contributed by atoms with Crippen LogP contribution in [0.5, 0.6) is 0 Å². The summed E-state index contributed by atoms with van der Waals surface area (Å²) < 4.78 is 0. The molecule has 3 heteroatoms. The summed E-state index contributed by atoms with van der Waals surface area (Å²) in [5.41, 5.74) is 7.99. The van der Waals surface area contributed by atoms with Gasteiger partial charge in [0, 0.05) is 23.7 Å². The minimum atomic E-state index is 0.124. The summed E-state index contributed by atoms with van der Waals surface area (Å²) in [6, 6.07) is 6.21. The molecule has 0 aromatic heterocycles. The van der Waals surface area contributed by atoms with Crippen LogP contribution in [0, 0.1) is 18.8 Å².